The molecule has 5 nitrogen and oxygen atoms in total. The van der Waals surface area contributed by atoms with Gasteiger partial charge in [-0.3, -0.25) is 9.36 Å². The third kappa shape index (κ3) is 5.39. The zero-order chi connectivity index (χ0) is 22.5. The second-order valence-electron chi connectivity index (χ2n) is 7.51. The molecule has 4 aromatic rings. The number of rotatable bonds is 7. The van der Waals surface area contributed by atoms with Gasteiger partial charge in [-0.25, -0.2) is 0 Å². The first-order valence-corrected chi connectivity index (χ1v) is 11.5. The van der Waals surface area contributed by atoms with Crippen molar-refractivity contribution in [2.75, 3.05) is 5.32 Å². The molecule has 0 spiro atoms. The number of aromatic nitrogens is 3. The molecule has 3 aromatic carbocycles. The molecule has 0 fully saturated rings. The van der Waals surface area contributed by atoms with E-state index < -0.39 is 0 Å². The van der Waals surface area contributed by atoms with Crippen molar-refractivity contribution < 1.29 is 4.79 Å². The smallest absolute Gasteiger partial charge is 0.237 e. The molecular formula is C25H23ClN4OS. The van der Waals surface area contributed by atoms with Crippen LogP contribution >= 0.6 is 23.4 Å². The Hall–Kier alpha value is -3.09. The number of hydrogen-bond acceptors (Lipinski definition) is 4. The molecule has 0 radical (unpaired) electrons. The average Bonchev–Trinajstić information content (AvgIpc) is 3.16. The van der Waals surface area contributed by atoms with Crippen molar-refractivity contribution in [1.29, 1.82) is 0 Å². The van der Waals surface area contributed by atoms with E-state index in [2.05, 4.69) is 51.3 Å². The maximum absolute atomic E-state index is 12.8. The number of nitrogens with zero attached hydrogens (tertiary/aromatic N) is 3. The van der Waals surface area contributed by atoms with Crippen molar-refractivity contribution in [3.05, 3.63) is 95.0 Å². The van der Waals surface area contributed by atoms with Gasteiger partial charge in [-0.2, -0.15) is 0 Å². The number of aryl methyl sites for hydroxylation is 1. The summed E-state index contributed by atoms with van der Waals surface area (Å²) >= 11 is 7.41. The fourth-order valence-electron chi connectivity index (χ4n) is 3.30. The Labute approximate surface area is 196 Å². The number of carbonyl (C=O) groups is 1. The molecule has 1 amide bonds. The summed E-state index contributed by atoms with van der Waals surface area (Å²) in [5.41, 5.74) is 3.96. The Morgan fingerprint density at radius 2 is 1.81 bits per heavy atom. The minimum absolute atomic E-state index is 0.122. The van der Waals surface area contributed by atoms with Gasteiger partial charge in [-0.05, 0) is 43.7 Å². The lowest BCUT2D eigenvalue weighted by molar-refractivity contribution is -0.115. The van der Waals surface area contributed by atoms with Gasteiger partial charge >= 0.3 is 0 Å². The zero-order valence-corrected chi connectivity index (χ0v) is 19.4. The van der Waals surface area contributed by atoms with E-state index in [1.807, 2.05) is 43.3 Å². The molecule has 0 saturated heterocycles. The number of thioether (sulfide) groups is 1. The summed E-state index contributed by atoms with van der Waals surface area (Å²) in [7, 11) is 0. The van der Waals surface area contributed by atoms with Gasteiger partial charge in [0.15, 0.2) is 11.0 Å². The molecule has 1 aromatic heterocycles. The maximum Gasteiger partial charge on any atom is 0.237 e. The van der Waals surface area contributed by atoms with E-state index >= 15 is 0 Å². The van der Waals surface area contributed by atoms with Crippen LogP contribution in [0.4, 0.5) is 5.69 Å². The molecule has 0 saturated carbocycles. The second kappa shape index (κ2) is 10.0. The third-order valence-corrected chi connectivity index (χ3v) is 6.24. The quantitative estimate of drug-likeness (QED) is 0.338. The minimum Gasteiger partial charge on any atom is -0.325 e. The highest BCUT2D eigenvalue weighted by Gasteiger charge is 2.21. The summed E-state index contributed by atoms with van der Waals surface area (Å²) in [4.78, 5) is 12.8. The Morgan fingerprint density at radius 3 is 2.56 bits per heavy atom. The molecule has 0 bridgehead atoms. The number of nitrogens with one attached hydrogen (secondary N) is 1. The normalized spacial score (nSPS) is 11.8. The summed E-state index contributed by atoms with van der Waals surface area (Å²) in [6, 6.07) is 25.5. The highest BCUT2D eigenvalue weighted by Crippen LogP contribution is 2.29. The summed E-state index contributed by atoms with van der Waals surface area (Å²) in [6.07, 6.45) is 0. The number of halogens is 1. The van der Waals surface area contributed by atoms with Gasteiger partial charge < -0.3 is 5.32 Å². The predicted molar refractivity (Wildman–Crippen MR) is 131 cm³/mol. The van der Waals surface area contributed by atoms with Gasteiger partial charge in [-0.1, -0.05) is 83.5 Å². The number of amides is 1. The fraction of sp³-hybridized carbons (Fsp3) is 0.160. The van der Waals surface area contributed by atoms with Crippen molar-refractivity contribution in [3.8, 4) is 11.4 Å². The van der Waals surface area contributed by atoms with E-state index in [4.69, 9.17) is 11.6 Å². The van der Waals surface area contributed by atoms with Crippen LogP contribution in [0.5, 0.6) is 0 Å². The summed E-state index contributed by atoms with van der Waals surface area (Å²) < 4.78 is 2.07. The number of benzene rings is 3. The fourth-order valence-corrected chi connectivity index (χ4v) is 4.34. The third-order valence-electron chi connectivity index (χ3n) is 4.92. The maximum atomic E-state index is 12.8. The second-order valence-corrected chi connectivity index (χ2v) is 9.25. The Morgan fingerprint density at radius 1 is 1.03 bits per heavy atom. The van der Waals surface area contributed by atoms with Gasteiger partial charge in [0.05, 0.1) is 11.8 Å². The van der Waals surface area contributed by atoms with E-state index in [9.17, 15) is 4.79 Å². The number of anilines is 1. The van der Waals surface area contributed by atoms with Crippen LogP contribution < -0.4 is 5.32 Å². The van der Waals surface area contributed by atoms with Crippen LogP contribution in [0.15, 0.2) is 84.0 Å². The van der Waals surface area contributed by atoms with Crippen LogP contribution in [-0.2, 0) is 11.3 Å². The van der Waals surface area contributed by atoms with E-state index in [-0.39, 0.29) is 11.2 Å². The van der Waals surface area contributed by atoms with E-state index in [1.54, 1.807) is 18.2 Å². The lowest BCUT2D eigenvalue weighted by Gasteiger charge is -2.14. The van der Waals surface area contributed by atoms with E-state index in [1.165, 1.54) is 11.8 Å². The first-order valence-electron chi connectivity index (χ1n) is 10.3. The molecule has 162 valence electrons. The molecular weight excluding hydrogens is 440 g/mol. The van der Waals surface area contributed by atoms with E-state index in [0.29, 0.717) is 22.4 Å². The van der Waals surface area contributed by atoms with Gasteiger partial charge in [0, 0.05) is 16.3 Å². The summed E-state index contributed by atoms with van der Waals surface area (Å²) in [6.45, 7) is 4.53. The van der Waals surface area contributed by atoms with Crippen molar-refractivity contribution in [2.24, 2.45) is 0 Å². The minimum atomic E-state index is -0.377. The predicted octanol–water partition coefficient (Wildman–Crippen LogP) is 6.07. The SMILES string of the molecule is Cc1cccc(-c2nnc(SC(C)C(=O)Nc3cccc(Cl)c3)n2Cc2ccccc2)c1. The Bertz CT molecular complexity index is 1230. The zero-order valence-electron chi connectivity index (χ0n) is 17.8. The lowest BCUT2D eigenvalue weighted by atomic mass is 10.1. The molecule has 32 heavy (non-hydrogen) atoms. The monoisotopic (exact) mass is 462 g/mol. The molecule has 0 aliphatic heterocycles. The first-order chi connectivity index (χ1) is 15.5. The average molecular weight is 463 g/mol. The molecule has 1 N–H and O–H groups in total. The number of hydrogen-bond donors (Lipinski definition) is 1. The number of carbonyl (C=O) groups excluding carboxylic acids is 1. The summed E-state index contributed by atoms with van der Waals surface area (Å²) in [5.74, 6) is 0.658. The molecule has 7 heteroatoms. The van der Waals surface area contributed by atoms with Crippen LogP contribution in [0.25, 0.3) is 11.4 Å². The summed E-state index contributed by atoms with van der Waals surface area (Å²) in [5, 5.41) is 12.7. The van der Waals surface area contributed by atoms with Crippen LogP contribution in [0, 0.1) is 6.92 Å². The van der Waals surface area contributed by atoms with Crippen molar-refractivity contribution in [3.63, 3.8) is 0 Å². The highest BCUT2D eigenvalue weighted by atomic mass is 35.5. The largest absolute Gasteiger partial charge is 0.325 e. The van der Waals surface area contributed by atoms with Gasteiger partial charge in [0.2, 0.25) is 5.91 Å². The molecule has 1 atom stereocenters. The Kier molecular flexibility index (Phi) is 6.93. The standard InChI is InChI=1S/C25H23ClN4OS/c1-17-8-6-11-20(14-17)23-28-29-25(30(23)16-19-9-4-3-5-10-19)32-18(2)24(31)27-22-13-7-12-21(26)15-22/h3-15,18H,16H2,1-2H3,(H,27,31). The Balaban J connectivity index is 1.60. The molecule has 0 aliphatic carbocycles. The van der Waals surface area contributed by atoms with Gasteiger partial charge in [0.1, 0.15) is 0 Å². The van der Waals surface area contributed by atoms with E-state index in [0.717, 1.165) is 22.5 Å². The van der Waals surface area contributed by atoms with Crippen LogP contribution in [0.2, 0.25) is 5.02 Å². The van der Waals surface area contributed by atoms with Crippen molar-refractivity contribution >= 4 is 35.0 Å². The molecule has 1 unspecified atom stereocenters. The first kappa shape index (κ1) is 22.1. The van der Waals surface area contributed by atoms with Gasteiger partial charge in [0.25, 0.3) is 0 Å². The van der Waals surface area contributed by atoms with Crippen LogP contribution in [0.1, 0.15) is 18.1 Å². The van der Waals surface area contributed by atoms with Crippen LogP contribution in [0.3, 0.4) is 0 Å². The van der Waals surface area contributed by atoms with Gasteiger partial charge in [-0.15, -0.1) is 10.2 Å². The van der Waals surface area contributed by atoms with Crippen LogP contribution in [-0.4, -0.2) is 25.9 Å². The highest BCUT2D eigenvalue weighted by molar-refractivity contribution is 8.00. The van der Waals surface area contributed by atoms with Crippen molar-refractivity contribution in [1.82, 2.24) is 14.8 Å². The van der Waals surface area contributed by atoms with Crippen molar-refractivity contribution in [2.45, 2.75) is 30.8 Å². The molecule has 1 heterocycles. The topological polar surface area (TPSA) is 59.8 Å². The molecule has 4 rings (SSSR count). The molecule has 0 aliphatic rings. The lowest BCUT2D eigenvalue weighted by Crippen LogP contribution is -2.23.